The van der Waals surface area contributed by atoms with Gasteiger partial charge in [0.2, 0.25) is 0 Å². The van der Waals surface area contributed by atoms with E-state index < -0.39 is 0 Å². The summed E-state index contributed by atoms with van der Waals surface area (Å²) >= 11 is 11.9. The Balaban J connectivity index is 2.13. The molecule has 1 aromatic carbocycles. The number of halogens is 2. The fourth-order valence-electron chi connectivity index (χ4n) is 2.04. The van der Waals surface area contributed by atoms with Gasteiger partial charge in [0.15, 0.2) is 0 Å². The fourth-order valence-corrected chi connectivity index (χ4v) is 2.41. The van der Waals surface area contributed by atoms with Gasteiger partial charge in [-0.2, -0.15) is 5.26 Å². The minimum absolute atomic E-state index is 0.0592. The van der Waals surface area contributed by atoms with Gasteiger partial charge in [0, 0.05) is 24.0 Å². The molecule has 0 spiro atoms. The first-order valence-electron chi connectivity index (χ1n) is 5.75. The lowest BCUT2D eigenvalue weighted by Gasteiger charge is -2.29. The highest BCUT2D eigenvalue weighted by molar-refractivity contribution is 6.35. The lowest BCUT2D eigenvalue weighted by atomic mass is 9.98. The van der Waals surface area contributed by atoms with Crippen molar-refractivity contribution in [2.24, 2.45) is 5.92 Å². The summed E-state index contributed by atoms with van der Waals surface area (Å²) in [4.78, 5) is 14.0. The molecule has 1 saturated heterocycles. The minimum atomic E-state index is -0.112. The van der Waals surface area contributed by atoms with Crippen molar-refractivity contribution in [3.05, 3.63) is 33.8 Å². The van der Waals surface area contributed by atoms with Gasteiger partial charge in [0.05, 0.1) is 16.7 Å². The van der Waals surface area contributed by atoms with Crippen molar-refractivity contribution in [1.29, 1.82) is 5.26 Å². The summed E-state index contributed by atoms with van der Waals surface area (Å²) in [5.41, 5.74) is 0.430. The molecule has 1 aliphatic heterocycles. The van der Waals surface area contributed by atoms with E-state index in [2.05, 4.69) is 6.07 Å². The Labute approximate surface area is 116 Å². The number of likely N-dealkylation sites (tertiary alicyclic amines) is 1. The zero-order valence-electron chi connectivity index (χ0n) is 9.70. The topological polar surface area (TPSA) is 44.1 Å². The smallest absolute Gasteiger partial charge is 0.255 e. The normalized spacial score (nSPS) is 16.4. The molecule has 5 heteroatoms. The lowest BCUT2D eigenvalue weighted by molar-refractivity contribution is 0.0707. The molecule has 2 rings (SSSR count). The average Bonchev–Trinajstić information content (AvgIpc) is 2.41. The number of carbonyl (C=O) groups excluding carboxylic acids is 1. The van der Waals surface area contributed by atoms with Crippen LogP contribution in [0.25, 0.3) is 0 Å². The van der Waals surface area contributed by atoms with Crippen molar-refractivity contribution in [2.45, 2.75) is 12.8 Å². The summed E-state index contributed by atoms with van der Waals surface area (Å²) in [6, 6.07) is 7.10. The second-order valence-corrected chi connectivity index (χ2v) is 5.16. The molecule has 0 unspecified atom stereocenters. The van der Waals surface area contributed by atoms with Crippen LogP contribution >= 0.6 is 23.2 Å². The molecule has 0 atom stereocenters. The Kier molecular flexibility index (Phi) is 4.11. The van der Waals surface area contributed by atoms with Crippen LogP contribution in [0.1, 0.15) is 23.2 Å². The first kappa shape index (κ1) is 13.2. The summed E-state index contributed by atoms with van der Waals surface area (Å²) in [5.74, 6) is -0.0530. The number of carbonyl (C=O) groups is 1. The van der Waals surface area contributed by atoms with E-state index in [9.17, 15) is 4.79 Å². The molecule has 1 fully saturated rings. The molecule has 0 aromatic heterocycles. The number of amides is 1. The van der Waals surface area contributed by atoms with Crippen molar-refractivity contribution in [1.82, 2.24) is 4.90 Å². The molecule has 18 heavy (non-hydrogen) atoms. The Morgan fingerprint density at radius 2 is 2.00 bits per heavy atom. The molecule has 0 N–H and O–H groups in total. The molecule has 94 valence electrons. The van der Waals surface area contributed by atoms with E-state index in [-0.39, 0.29) is 11.8 Å². The van der Waals surface area contributed by atoms with Gasteiger partial charge < -0.3 is 4.90 Å². The molecule has 1 heterocycles. The molecule has 1 aliphatic rings. The Morgan fingerprint density at radius 1 is 1.33 bits per heavy atom. The zero-order chi connectivity index (χ0) is 13.1. The quantitative estimate of drug-likeness (QED) is 0.793. The first-order valence-corrected chi connectivity index (χ1v) is 6.51. The van der Waals surface area contributed by atoms with E-state index in [4.69, 9.17) is 28.5 Å². The van der Waals surface area contributed by atoms with Gasteiger partial charge in [-0.05, 0) is 31.0 Å². The number of nitrogens with zero attached hydrogens (tertiary/aromatic N) is 2. The SMILES string of the molecule is N#CC1CCN(C(=O)c2cc(Cl)ccc2Cl)CC1. The number of piperidine rings is 1. The maximum Gasteiger partial charge on any atom is 0.255 e. The number of hydrogen-bond donors (Lipinski definition) is 0. The van der Waals surface area contributed by atoms with Crippen molar-refractivity contribution in [2.75, 3.05) is 13.1 Å². The summed E-state index contributed by atoms with van der Waals surface area (Å²) in [6.07, 6.45) is 1.45. The van der Waals surface area contributed by atoms with E-state index in [0.29, 0.717) is 28.7 Å². The molecule has 3 nitrogen and oxygen atoms in total. The highest BCUT2D eigenvalue weighted by atomic mass is 35.5. The number of hydrogen-bond acceptors (Lipinski definition) is 2. The molecule has 1 amide bonds. The molecular weight excluding hydrogens is 271 g/mol. The van der Waals surface area contributed by atoms with Gasteiger partial charge in [-0.1, -0.05) is 23.2 Å². The number of rotatable bonds is 1. The van der Waals surface area contributed by atoms with E-state index in [0.717, 1.165) is 12.8 Å². The largest absolute Gasteiger partial charge is 0.339 e. The molecular formula is C13H12Cl2N2O. The van der Waals surface area contributed by atoms with Gasteiger partial charge in [0.1, 0.15) is 0 Å². The van der Waals surface area contributed by atoms with E-state index >= 15 is 0 Å². The maximum absolute atomic E-state index is 12.3. The number of benzene rings is 1. The first-order chi connectivity index (χ1) is 8.61. The van der Waals surface area contributed by atoms with Crippen molar-refractivity contribution >= 4 is 29.1 Å². The average molecular weight is 283 g/mol. The maximum atomic E-state index is 12.3. The monoisotopic (exact) mass is 282 g/mol. The predicted octanol–water partition coefficient (Wildman–Crippen LogP) is 3.37. The zero-order valence-corrected chi connectivity index (χ0v) is 11.2. The summed E-state index contributed by atoms with van der Waals surface area (Å²) < 4.78 is 0. The highest BCUT2D eigenvalue weighted by Gasteiger charge is 2.24. The second-order valence-electron chi connectivity index (χ2n) is 4.32. The summed E-state index contributed by atoms with van der Waals surface area (Å²) in [5, 5.41) is 9.73. The van der Waals surface area contributed by atoms with Crippen LogP contribution in [-0.4, -0.2) is 23.9 Å². The molecule has 1 aromatic rings. The summed E-state index contributed by atoms with van der Waals surface area (Å²) in [6.45, 7) is 1.19. The second kappa shape index (κ2) is 5.60. The van der Waals surface area contributed by atoms with Crippen molar-refractivity contribution in [3.8, 4) is 6.07 Å². The van der Waals surface area contributed by atoms with Crippen LogP contribution in [0.15, 0.2) is 18.2 Å². The van der Waals surface area contributed by atoms with Crippen LogP contribution in [0, 0.1) is 17.2 Å². The van der Waals surface area contributed by atoms with E-state index in [1.807, 2.05) is 0 Å². The van der Waals surface area contributed by atoms with Crippen LogP contribution in [0.3, 0.4) is 0 Å². The van der Waals surface area contributed by atoms with Gasteiger partial charge in [-0.3, -0.25) is 4.79 Å². The molecule has 0 bridgehead atoms. The minimum Gasteiger partial charge on any atom is -0.339 e. The Morgan fingerprint density at radius 3 is 2.61 bits per heavy atom. The fraction of sp³-hybridized carbons (Fsp3) is 0.385. The van der Waals surface area contributed by atoms with Gasteiger partial charge in [0.25, 0.3) is 5.91 Å². The lowest BCUT2D eigenvalue weighted by Crippen LogP contribution is -2.38. The van der Waals surface area contributed by atoms with E-state index in [1.54, 1.807) is 23.1 Å². The van der Waals surface area contributed by atoms with Gasteiger partial charge in [-0.15, -0.1) is 0 Å². The predicted molar refractivity (Wildman–Crippen MR) is 70.7 cm³/mol. The Bertz CT molecular complexity index is 502. The van der Waals surface area contributed by atoms with Gasteiger partial charge in [-0.25, -0.2) is 0 Å². The molecule has 0 radical (unpaired) electrons. The van der Waals surface area contributed by atoms with Crippen LogP contribution in [-0.2, 0) is 0 Å². The third-order valence-corrected chi connectivity index (χ3v) is 3.69. The molecule has 0 saturated carbocycles. The third kappa shape index (κ3) is 2.77. The highest BCUT2D eigenvalue weighted by Crippen LogP contribution is 2.24. The van der Waals surface area contributed by atoms with Crippen LogP contribution < -0.4 is 0 Å². The van der Waals surface area contributed by atoms with Crippen molar-refractivity contribution in [3.63, 3.8) is 0 Å². The van der Waals surface area contributed by atoms with E-state index in [1.165, 1.54) is 0 Å². The van der Waals surface area contributed by atoms with Crippen LogP contribution in [0.2, 0.25) is 10.0 Å². The Hall–Kier alpha value is -1.24. The van der Waals surface area contributed by atoms with Gasteiger partial charge >= 0.3 is 0 Å². The van der Waals surface area contributed by atoms with Crippen LogP contribution in [0.4, 0.5) is 0 Å². The summed E-state index contributed by atoms with van der Waals surface area (Å²) in [7, 11) is 0. The third-order valence-electron chi connectivity index (χ3n) is 3.12. The molecule has 0 aliphatic carbocycles. The van der Waals surface area contributed by atoms with Crippen LogP contribution in [0.5, 0.6) is 0 Å². The standard InChI is InChI=1S/C13H12Cl2N2O/c14-10-1-2-12(15)11(7-10)13(18)17-5-3-9(8-16)4-6-17/h1-2,7,9H,3-6H2. The number of nitriles is 1. The van der Waals surface area contributed by atoms with Crippen molar-refractivity contribution < 1.29 is 4.79 Å².